The minimum Gasteiger partial charge on any atom is -0.493 e. The first-order valence-electron chi connectivity index (χ1n) is 10.0. The molecule has 0 saturated heterocycles. The summed E-state index contributed by atoms with van der Waals surface area (Å²) in [5.74, 6) is -0.571. The highest BCUT2D eigenvalue weighted by Gasteiger charge is 2.25. The minimum absolute atomic E-state index is 0.0183. The van der Waals surface area contributed by atoms with E-state index < -0.39 is 23.8 Å². The summed E-state index contributed by atoms with van der Waals surface area (Å²) in [6.45, 7) is 7.39. The van der Waals surface area contributed by atoms with Gasteiger partial charge in [-0.15, -0.1) is 0 Å². The van der Waals surface area contributed by atoms with E-state index in [0.717, 1.165) is 42.4 Å². The Morgan fingerprint density at radius 3 is 2.52 bits per heavy atom. The van der Waals surface area contributed by atoms with Crippen molar-refractivity contribution in [1.82, 2.24) is 5.32 Å². The molecule has 3 atom stereocenters. The summed E-state index contributed by atoms with van der Waals surface area (Å²) < 4.78 is 32.7. The van der Waals surface area contributed by atoms with Gasteiger partial charge in [-0.1, -0.05) is 32.9 Å². The van der Waals surface area contributed by atoms with Crippen molar-refractivity contribution in [2.24, 2.45) is 11.1 Å². The van der Waals surface area contributed by atoms with E-state index in [1.807, 2.05) is 6.07 Å². The van der Waals surface area contributed by atoms with Crippen LogP contribution in [0.25, 0.3) is 0 Å². The van der Waals surface area contributed by atoms with E-state index in [0.29, 0.717) is 6.61 Å². The molecule has 158 valence electrons. The van der Waals surface area contributed by atoms with Crippen molar-refractivity contribution in [2.75, 3.05) is 13.2 Å². The predicted octanol–water partition coefficient (Wildman–Crippen LogP) is 4.03. The molecule has 6 heteroatoms. The summed E-state index contributed by atoms with van der Waals surface area (Å²) in [6.07, 6.45) is 0.731. The Morgan fingerprint density at radius 1 is 1.17 bits per heavy atom. The third-order valence-electron chi connectivity index (χ3n) is 5.11. The number of nitrogens with one attached hydrogen (secondary N) is 1. The lowest BCUT2D eigenvalue weighted by Gasteiger charge is -2.30. The number of ether oxygens (including phenoxy) is 1. The van der Waals surface area contributed by atoms with Crippen molar-refractivity contribution in [3.63, 3.8) is 0 Å². The monoisotopic (exact) mass is 404 g/mol. The zero-order valence-corrected chi connectivity index (χ0v) is 17.2. The van der Waals surface area contributed by atoms with Crippen LogP contribution in [0.15, 0.2) is 36.4 Å². The lowest BCUT2D eigenvalue weighted by atomic mass is 9.86. The fraction of sp³-hybridized carbons (Fsp3) is 0.478. The van der Waals surface area contributed by atoms with Crippen LogP contribution < -0.4 is 15.8 Å². The average molecular weight is 405 g/mol. The normalized spacial score (nSPS) is 18.7. The molecule has 4 N–H and O–H groups in total. The van der Waals surface area contributed by atoms with E-state index in [1.165, 1.54) is 5.56 Å². The third-order valence-corrected chi connectivity index (χ3v) is 5.11. The summed E-state index contributed by atoms with van der Waals surface area (Å²) in [4.78, 5) is 0. The molecule has 0 fully saturated rings. The van der Waals surface area contributed by atoms with Gasteiger partial charge in [0.25, 0.3) is 0 Å². The highest BCUT2D eigenvalue weighted by Crippen LogP contribution is 2.34. The Kier molecular flexibility index (Phi) is 6.56. The smallest absolute Gasteiger partial charge is 0.126 e. The largest absolute Gasteiger partial charge is 0.493 e. The molecule has 1 aliphatic heterocycles. The highest BCUT2D eigenvalue weighted by atomic mass is 19.1. The van der Waals surface area contributed by atoms with E-state index in [-0.39, 0.29) is 23.6 Å². The molecule has 4 nitrogen and oxygen atoms in total. The number of halogens is 2. The number of hydrogen-bond donors (Lipinski definition) is 3. The summed E-state index contributed by atoms with van der Waals surface area (Å²) in [6, 6.07) is 8.47. The lowest BCUT2D eigenvalue weighted by Crippen LogP contribution is -2.38. The molecule has 0 aliphatic carbocycles. The van der Waals surface area contributed by atoms with Gasteiger partial charge in [-0.25, -0.2) is 8.78 Å². The molecule has 1 aliphatic rings. The van der Waals surface area contributed by atoms with Crippen molar-refractivity contribution >= 4 is 0 Å². The molecule has 29 heavy (non-hydrogen) atoms. The number of aliphatic hydroxyl groups is 1. The third kappa shape index (κ3) is 5.75. The molecule has 0 aromatic heterocycles. The van der Waals surface area contributed by atoms with Crippen LogP contribution in [0.4, 0.5) is 8.78 Å². The predicted molar refractivity (Wildman–Crippen MR) is 110 cm³/mol. The lowest BCUT2D eigenvalue weighted by molar-refractivity contribution is 0.133. The maximum atomic E-state index is 13.4. The van der Waals surface area contributed by atoms with Crippen LogP contribution in [-0.4, -0.2) is 24.4 Å². The summed E-state index contributed by atoms with van der Waals surface area (Å²) in [7, 11) is 0. The van der Waals surface area contributed by atoms with Gasteiger partial charge in [0.2, 0.25) is 0 Å². The zero-order valence-electron chi connectivity index (χ0n) is 17.2. The van der Waals surface area contributed by atoms with Gasteiger partial charge in [-0.2, -0.15) is 0 Å². The number of benzene rings is 2. The first-order chi connectivity index (χ1) is 13.6. The van der Waals surface area contributed by atoms with E-state index in [1.54, 1.807) is 0 Å². The van der Waals surface area contributed by atoms with Gasteiger partial charge in [-0.05, 0) is 41.2 Å². The van der Waals surface area contributed by atoms with Gasteiger partial charge in [0.05, 0.1) is 18.8 Å². The molecule has 0 spiro atoms. The van der Waals surface area contributed by atoms with E-state index in [2.05, 4.69) is 38.2 Å². The van der Waals surface area contributed by atoms with Crippen LogP contribution in [0.5, 0.6) is 5.75 Å². The molecule has 0 bridgehead atoms. The second-order valence-corrected chi connectivity index (χ2v) is 9.00. The van der Waals surface area contributed by atoms with Crippen LogP contribution in [0.3, 0.4) is 0 Å². The fourth-order valence-electron chi connectivity index (χ4n) is 3.76. The first kappa shape index (κ1) is 21.7. The Labute approximate surface area is 171 Å². The molecule has 2 unspecified atom stereocenters. The quantitative estimate of drug-likeness (QED) is 0.680. The molecule has 3 rings (SSSR count). The van der Waals surface area contributed by atoms with Crippen molar-refractivity contribution in [3.05, 3.63) is 64.7 Å². The van der Waals surface area contributed by atoms with Crippen molar-refractivity contribution in [2.45, 2.75) is 51.8 Å². The molecular formula is C23H30F2N2O2. The van der Waals surface area contributed by atoms with Gasteiger partial charge in [-0.3, -0.25) is 0 Å². The maximum Gasteiger partial charge on any atom is 0.126 e. The summed E-state index contributed by atoms with van der Waals surface area (Å²) in [5.41, 5.74) is 8.74. The van der Waals surface area contributed by atoms with E-state index in [9.17, 15) is 13.9 Å². The molecule has 0 saturated carbocycles. The molecule has 1 heterocycles. The number of hydrogen-bond acceptors (Lipinski definition) is 4. The van der Waals surface area contributed by atoms with Gasteiger partial charge in [0.1, 0.15) is 17.4 Å². The number of rotatable bonds is 6. The topological polar surface area (TPSA) is 67.5 Å². The Bertz CT molecular complexity index is 831. The molecule has 0 radical (unpaired) electrons. The molecular weight excluding hydrogens is 374 g/mol. The second-order valence-electron chi connectivity index (χ2n) is 9.00. The fourth-order valence-corrected chi connectivity index (χ4v) is 3.76. The Balaban J connectivity index is 1.69. The first-order valence-corrected chi connectivity index (χ1v) is 10.0. The Morgan fingerprint density at radius 2 is 1.86 bits per heavy atom. The molecule has 0 amide bonds. The average Bonchev–Trinajstić information content (AvgIpc) is 2.63. The standard InChI is InChI=1S/C23H30F2N2O2/c1-23(2,3)12-14-4-5-21-18(8-14)19(6-7-29-21)27-13-20(28)22(26)15-9-16(24)11-17(25)10-15/h4-5,8-11,19-20,22,27-28H,6-7,12-13,26H2,1-3H3/t19?,20?,22-/m0/s1. The van der Waals surface area contributed by atoms with Gasteiger partial charge >= 0.3 is 0 Å². The van der Waals surface area contributed by atoms with Crippen LogP contribution >= 0.6 is 0 Å². The summed E-state index contributed by atoms with van der Waals surface area (Å²) in [5, 5.41) is 13.8. The number of nitrogens with two attached hydrogens (primary N) is 1. The van der Waals surface area contributed by atoms with Crippen LogP contribution in [0, 0.1) is 17.0 Å². The zero-order chi connectivity index (χ0) is 21.2. The maximum absolute atomic E-state index is 13.4. The van der Waals surface area contributed by atoms with Crippen LogP contribution in [0.1, 0.15) is 56.0 Å². The number of fused-ring (bicyclic) bond motifs is 1. The van der Waals surface area contributed by atoms with E-state index in [4.69, 9.17) is 10.5 Å². The van der Waals surface area contributed by atoms with Gasteiger partial charge < -0.3 is 20.9 Å². The van der Waals surface area contributed by atoms with Crippen LogP contribution in [-0.2, 0) is 6.42 Å². The van der Waals surface area contributed by atoms with Gasteiger partial charge in [0.15, 0.2) is 0 Å². The van der Waals surface area contributed by atoms with Crippen molar-refractivity contribution in [3.8, 4) is 5.75 Å². The Hall–Kier alpha value is -2.02. The SMILES string of the molecule is CC(C)(C)Cc1ccc2c(c1)C(NCC(O)[C@@H](N)c1cc(F)cc(F)c1)CCO2. The highest BCUT2D eigenvalue weighted by molar-refractivity contribution is 5.41. The van der Waals surface area contributed by atoms with E-state index >= 15 is 0 Å². The molecule has 2 aromatic rings. The molecule has 2 aromatic carbocycles. The minimum atomic E-state index is -0.986. The van der Waals surface area contributed by atoms with Crippen molar-refractivity contribution in [1.29, 1.82) is 0 Å². The van der Waals surface area contributed by atoms with Gasteiger partial charge in [0, 0.05) is 30.6 Å². The van der Waals surface area contributed by atoms with Crippen molar-refractivity contribution < 1.29 is 18.6 Å². The summed E-state index contributed by atoms with van der Waals surface area (Å²) >= 11 is 0. The second kappa shape index (κ2) is 8.78. The number of aliphatic hydroxyl groups excluding tert-OH is 1. The van der Waals surface area contributed by atoms with Crippen LogP contribution in [0.2, 0.25) is 0 Å².